The van der Waals surface area contributed by atoms with E-state index < -0.39 is 5.60 Å². The van der Waals surface area contributed by atoms with E-state index in [1.807, 2.05) is 58.0 Å². The number of nitrogens with one attached hydrogen (secondary N) is 2. The van der Waals surface area contributed by atoms with Gasteiger partial charge in [-0.25, -0.2) is 4.79 Å². The van der Waals surface area contributed by atoms with Crippen molar-refractivity contribution in [2.45, 2.75) is 52.6 Å². The van der Waals surface area contributed by atoms with Crippen molar-refractivity contribution in [3.05, 3.63) is 47.7 Å². The van der Waals surface area contributed by atoms with Crippen LogP contribution in [-0.4, -0.2) is 53.5 Å². The second-order valence-electron chi connectivity index (χ2n) is 9.25. The van der Waals surface area contributed by atoms with Crippen molar-refractivity contribution < 1.29 is 14.3 Å². The standard InChI is InChI=1S/C25H35N3O3/c1-5-18-17-28(14-9-8-13-26-24(30)31-25(2,3)4)15-12-20(18)23(29)22-16-19-10-6-7-11-21(19)27-22/h5-7,10-11,16,20,27H,8-9,12-15,17H2,1-4H3,(H,26,30)/b18-5-. The molecule has 1 aliphatic rings. The Kier molecular flexibility index (Phi) is 7.55. The van der Waals surface area contributed by atoms with E-state index in [2.05, 4.69) is 21.3 Å². The van der Waals surface area contributed by atoms with E-state index in [4.69, 9.17) is 4.74 Å². The average Bonchev–Trinajstić information content (AvgIpc) is 3.16. The van der Waals surface area contributed by atoms with Crippen LogP contribution in [0.3, 0.4) is 0 Å². The Bertz CT molecular complexity index is 906. The number of allylic oxidation sites excluding steroid dienone is 1. The zero-order valence-electron chi connectivity index (χ0n) is 19.2. The van der Waals surface area contributed by atoms with Crippen LogP contribution in [0.1, 0.15) is 57.4 Å². The largest absolute Gasteiger partial charge is 0.444 e. The van der Waals surface area contributed by atoms with Crippen molar-refractivity contribution in [1.82, 2.24) is 15.2 Å². The SMILES string of the molecule is C/C=C1/CN(CCCCNC(=O)OC(C)(C)C)CCC1C(=O)c1cc2ccccc2[nH]1. The first-order chi connectivity index (χ1) is 14.8. The fraction of sp³-hybridized carbons (Fsp3) is 0.520. The molecule has 1 aromatic heterocycles. The first kappa shape index (κ1) is 23.1. The first-order valence-electron chi connectivity index (χ1n) is 11.2. The second-order valence-corrected chi connectivity index (χ2v) is 9.25. The van der Waals surface area contributed by atoms with Crippen molar-refractivity contribution >= 4 is 22.8 Å². The minimum absolute atomic E-state index is 0.0526. The summed E-state index contributed by atoms with van der Waals surface area (Å²) >= 11 is 0. The van der Waals surface area contributed by atoms with Gasteiger partial charge in [0.25, 0.3) is 0 Å². The molecule has 2 aromatic rings. The van der Waals surface area contributed by atoms with Crippen LogP contribution in [0.5, 0.6) is 0 Å². The second kappa shape index (κ2) is 10.1. The monoisotopic (exact) mass is 425 g/mol. The Morgan fingerprint density at radius 3 is 2.74 bits per heavy atom. The predicted molar refractivity (Wildman–Crippen MR) is 124 cm³/mol. The summed E-state index contributed by atoms with van der Waals surface area (Å²) in [5, 5.41) is 3.88. The van der Waals surface area contributed by atoms with Gasteiger partial charge in [0.2, 0.25) is 0 Å². The maximum absolute atomic E-state index is 13.2. The molecule has 0 radical (unpaired) electrons. The van der Waals surface area contributed by atoms with Gasteiger partial charge in [0, 0.05) is 29.9 Å². The fourth-order valence-corrected chi connectivity index (χ4v) is 4.09. The predicted octanol–water partition coefficient (Wildman–Crippen LogP) is 4.92. The Morgan fingerprint density at radius 2 is 2.03 bits per heavy atom. The van der Waals surface area contributed by atoms with Gasteiger partial charge in [-0.15, -0.1) is 0 Å². The highest BCUT2D eigenvalue weighted by Crippen LogP contribution is 2.28. The van der Waals surface area contributed by atoms with Crippen LogP contribution in [0.25, 0.3) is 10.9 Å². The third-order valence-electron chi connectivity index (χ3n) is 5.64. The minimum Gasteiger partial charge on any atom is -0.444 e. The summed E-state index contributed by atoms with van der Waals surface area (Å²) in [4.78, 5) is 30.5. The summed E-state index contributed by atoms with van der Waals surface area (Å²) in [6.45, 7) is 10.9. The highest BCUT2D eigenvalue weighted by atomic mass is 16.6. The molecule has 1 atom stereocenters. The number of aromatic amines is 1. The number of ketones is 1. The molecule has 6 nitrogen and oxygen atoms in total. The Morgan fingerprint density at radius 1 is 1.26 bits per heavy atom. The van der Waals surface area contributed by atoms with E-state index >= 15 is 0 Å². The van der Waals surface area contributed by atoms with E-state index in [0.29, 0.717) is 12.2 Å². The third kappa shape index (κ3) is 6.44. The zero-order chi connectivity index (χ0) is 22.4. The lowest BCUT2D eigenvalue weighted by atomic mass is 9.86. The number of piperidine rings is 1. The molecule has 0 bridgehead atoms. The van der Waals surface area contributed by atoms with Crippen molar-refractivity contribution in [3.63, 3.8) is 0 Å². The number of unbranched alkanes of at least 4 members (excludes halogenated alkanes) is 1. The summed E-state index contributed by atoms with van der Waals surface area (Å²) in [5.74, 6) is 0.133. The van der Waals surface area contributed by atoms with E-state index in [0.717, 1.165) is 49.8 Å². The first-order valence-corrected chi connectivity index (χ1v) is 11.2. The van der Waals surface area contributed by atoms with Gasteiger partial charge in [0.15, 0.2) is 5.78 Å². The van der Waals surface area contributed by atoms with Gasteiger partial charge < -0.3 is 15.0 Å². The van der Waals surface area contributed by atoms with Crippen LogP contribution in [-0.2, 0) is 4.74 Å². The van der Waals surface area contributed by atoms with E-state index in [1.165, 1.54) is 5.57 Å². The molecule has 2 N–H and O–H groups in total. The van der Waals surface area contributed by atoms with Crippen molar-refractivity contribution in [1.29, 1.82) is 0 Å². The number of hydrogen-bond donors (Lipinski definition) is 2. The van der Waals surface area contributed by atoms with Gasteiger partial charge >= 0.3 is 6.09 Å². The van der Waals surface area contributed by atoms with Crippen molar-refractivity contribution in [3.8, 4) is 0 Å². The van der Waals surface area contributed by atoms with Gasteiger partial charge in [-0.2, -0.15) is 0 Å². The van der Waals surface area contributed by atoms with Crippen molar-refractivity contribution in [2.75, 3.05) is 26.2 Å². The number of likely N-dealkylation sites (tertiary alicyclic amines) is 1. The van der Waals surface area contributed by atoms with Crippen molar-refractivity contribution in [2.24, 2.45) is 5.92 Å². The molecule has 3 rings (SSSR count). The number of rotatable bonds is 7. The number of aromatic nitrogens is 1. The van der Waals surface area contributed by atoms with E-state index in [-0.39, 0.29) is 17.8 Å². The molecular weight excluding hydrogens is 390 g/mol. The van der Waals surface area contributed by atoms with Gasteiger partial charge in [-0.1, -0.05) is 24.3 Å². The maximum atomic E-state index is 13.2. The summed E-state index contributed by atoms with van der Waals surface area (Å²) in [5.41, 5.74) is 2.43. The smallest absolute Gasteiger partial charge is 0.407 e. The summed E-state index contributed by atoms with van der Waals surface area (Å²) in [7, 11) is 0. The van der Waals surface area contributed by atoms with E-state index in [9.17, 15) is 9.59 Å². The maximum Gasteiger partial charge on any atom is 0.407 e. The van der Waals surface area contributed by atoms with E-state index in [1.54, 1.807) is 0 Å². The Hall–Kier alpha value is -2.60. The minimum atomic E-state index is -0.471. The quantitative estimate of drug-likeness (QED) is 0.375. The topological polar surface area (TPSA) is 74.4 Å². The molecule has 1 unspecified atom stereocenters. The molecular formula is C25H35N3O3. The Labute approximate surface area is 185 Å². The molecule has 6 heteroatoms. The van der Waals surface area contributed by atoms with Crippen LogP contribution in [0, 0.1) is 5.92 Å². The lowest BCUT2D eigenvalue weighted by Gasteiger charge is -2.33. The molecule has 2 heterocycles. The molecule has 31 heavy (non-hydrogen) atoms. The molecule has 0 aliphatic carbocycles. The molecule has 1 aromatic carbocycles. The number of para-hydroxylation sites is 1. The lowest BCUT2D eigenvalue weighted by Crippen LogP contribution is -2.39. The van der Waals surface area contributed by atoms with Gasteiger partial charge in [0.1, 0.15) is 5.60 Å². The number of carbonyl (C=O) groups is 2. The fourth-order valence-electron chi connectivity index (χ4n) is 4.09. The third-order valence-corrected chi connectivity index (χ3v) is 5.64. The molecule has 1 saturated heterocycles. The van der Waals surface area contributed by atoms with Gasteiger partial charge in [-0.3, -0.25) is 9.69 Å². The van der Waals surface area contributed by atoms with Crippen LogP contribution in [0.2, 0.25) is 0 Å². The molecule has 0 saturated carbocycles. The number of fused-ring (bicyclic) bond motifs is 1. The number of amides is 1. The normalized spacial score (nSPS) is 19.0. The van der Waals surface area contributed by atoms with Crippen LogP contribution < -0.4 is 5.32 Å². The summed E-state index contributed by atoms with van der Waals surface area (Å²) < 4.78 is 5.25. The molecule has 0 spiro atoms. The Balaban J connectivity index is 1.45. The molecule has 1 aliphatic heterocycles. The number of H-pyrrole nitrogens is 1. The van der Waals surface area contributed by atoms with Gasteiger partial charge in [0.05, 0.1) is 5.69 Å². The lowest BCUT2D eigenvalue weighted by molar-refractivity contribution is 0.0526. The van der Waals surface area contributed by atoms with Crippen LogP contribution in [0.4, 0.5) is 4.79 Å². The van der Waals surface area contributed by atoms with Gasteiger partial charge in [-0.05, 0) is 77.8 Å². The van der Waals surface area contributed by atoms with Crippen LogP contribution >= 0.6 is 0 Å². The number of Topliss-reactive ketones (excluding diaryl/α,β-unsaturated/α-hetero) is 1. The van der Waals surface area contributed by atoms with Crippen LogP contribution in [0.15, 0.2) is 42.0 Å². The number of ether oxygens (including phenoxy) is 1. The number of hydrogen-bond acceptors (Lipinski definition) is 4. The zero-order valence-corrected chi connectivity index (χ0v) is 19.2. The summed E-state index contributed by atoms with van der Waals surface area (Å²) in [6.07, 6.45) is 4.47. The summed E-state index contributed by atoms with van der Waals surface area (Å²) in [6, 6.07) is 9.97. The highest BCUT2D eigenvalue weighted by Gasteiger charge is 2.30. The highest BCUT2D eigenvalue weighted by molar-refractivity contribution is 6.02. The number of nitrogens with zero attached hydrogens (tertiary/aromatic N) is 1. The molecule has 1 fully saturated rings. The number of alkyl carbamates (subject to hydrolysis) is 1. The molecule has 1 amide bonds. The average molecular weight is 426 g/mol. The number of benzene rings is 1. The number of carbonyl (C=O) groups excluding carboxylic acids is 2. The molecule has 168 valence electrons.